The summed E-state index contributed by atoms with van der Waals surface area (Å²) in [5.41, 5.74) is 5.51. The summed E-state index contributed by atoms with van der Waals surface area (Å²) in [5, 5.41) is 3.98. The summed E-state index contributed by atoms with van der Waals surface area (Å²) < 4.78 is 11.5. The molecule has 0 radical (unpaired) electrons. The molecule has 1 N–H and O–H groups in total. The topological polar surface area (TPSA) is 54.7 Å². The number of benzene rings is 3. The smallest absolute Gasteiger partial charge is 0.255 e. The molecule has 3 aromatic carbocycles. The van der Waals surface area contributed by atoms with Gasteiger partial charge in [-0.05, 0) is 62.7 Å². The van der Waals surface area contributed by atoms with Crippen molar-refractivity contribution >= 4 is 22.6 Å². The summed E-state index contributed by atoms with van der Waals surface area (Å²) >= 11 is 0. The molecule has 4 aromatic rings. The molecule has 5 rings (SSSR count). The van der Waals surface area contributed by atoms with Gasteiger partial charge in [0.05, 0.1) is 0 Å². The fourth-order valence-electron chi connectivity index (χ4n) is 4.47. The van der Waals surface area contributed by atoms with Crippen molar-refractivity contribution in [3.05, 3.63) is 89.5 Å². The molecule has 1 saturated heterocycles. The van der Waals surface area contributed by atoms with Gasteiger partial charge in [0.1, 0.15) is 11.3 Å². The molecule has 5 nitrogen and oxygen atoms in total. The minimum atomic E-state index is -0.151. The van der Waals surface area contributed by atoms with Crippen LogP contribution in [-0.2, 0) is 11.3 Å². The zero-order chi connectivity index (χ0) is 23.5. The average Bonchev–Trinajstić information content (AvgIpc) is 3.29. The Labute approximate surface area is 200 Å². The fourth-order valence-corrected chi connectivity index (χ4v) is 4.47. The first-order valence-corrected chi connectivity index (χ1v) is 11.8. The van der Waals surface area contributed by atoms with Crippen molar-refractivity contribution in [2.45, 2.75) is 32.4 Å². The lowest BCUT2D eigenvalue weighted by atomic mass is 10.1. The van der Waals surface area contributed by atoms with Gasteiger partial charge in [-0.3, -0.25) is 9.69 Å². The number of rotatable bonds is 6. The van der Waals surface area contributed by atoms with Crippen molar-refractivity contribution in [2.75, 3.05) is 25.6 Å². The van der Waals surface area contributed by atoms with E-state index in [2.05, 4.69) is 48.5 Å². The van der Waals surface area contributed by atoms with E-state index in [1.165, 1.54) is 11.1 Å². The molecular weight excluding hydrogens is 424 g/mol. The van der Waals surface area contributed by atoms with E-state index in [1.807, 2.05) is 42.5 Å². The minimum absolute atomic E-state index is 0.151. The first kappa shape index (κ1) is 22.4. The first-order chi connectivity index (χ1) is 16.5. The second-order valence-corrected chi connectivity index (χ2v) is 9.14. The quantitative estimate of drug-likeness (QED) is 0.373. The van der Waals surface area contributed by atoms with Crippen molar-refractivity contribution in [1.29, 1.82) is 0 Å². The number of nitrogens with zero attached hydrogens (tertiary/aromatic N) is 1. The molecule has 0 bridgehead atoms. The lowest BCUT2D eigenvalue weighted by Crippen LogP contribution is -2.36. The van der Waals surface area contributed by atoms with Gasteiger partial charge in [0.25, 0.3) is 5.91 Å². The highest BCUT2D eigenvalue weighted by molar-refractivity contribution is 6.06. The van der Waals surface area contributed by atoms with Crippen LogP contribution < -0.4 is 5.32 Å². The zero-order valence-electron chi connectivity index (χ0n) is 19.7. The molecular formula is C29H30N2O3. The summed E-state index contributed by atoms with van der Waals surface area (Å²) in [7, 11) is 2.17. The lowest BCUT2D eigenvalue weighted by molar-refractivity contribution is 0.0407. The van der Waals surface area contributed by atoms with Gasteiger partial charge < -0.3 is 14.5 Å². The highest BCUT2D eigenvalue weighted by atomic mass is 16.5. The van der Waals surface area contributed by atoms with Crippen LogP contribution >= 0.6 is 0 Å². The van der Waals surface area contributed by atoms with Gasteiger partial charge in [0.2, 0.25) is 0 Å². The number of aryl methyl sites for hydroxylation is 1. The van der Waals surface area contributed by atoms with Gasteiger partial charge in [0.15, 0.2) is 0 Å². The largest absolute Gasteiger partial charge is 0.456 e. The molecule has 174 valence electrons. The molecule has 1 amide bonds. The van der Waals surface area contributed by atoms with Crippen LogP contribution in [0.3, 0.4) is 0 Å². The van der Waals surface area contributed by atoms with Crippen molar-refractivity contribution in [3.8, 4) is 11.3 Å². The highest BCUT2D eigenvalue weighted by Crippen LogP contribution is 2.29. The van der Waals surface area contributed by atoms with Crippen LogP contribution in [0, 0.1) is 6.92 Å². The lowest BCUT2D eigenvalue weighted by Gasteiger charge is -2.31. The summed E-state index contributed by atoms with van der Waals surface area (Å²) in [5.74, 6) is 0.649. The summed E-state index contributed by atoms with van der Waals surface area (Å²) in [6.45, 7) is 4.64. The molecule has 2 heterocycles. The Morgan fingerprint density at radius 1 is 0.971 bits per heavy atom. The van der Waals surface area contributed by atoms with E-state index in [0.29, 0.717) is 17.2 Å². The molecule has 0 saturated carbocycles. The molecule has 0 spiro atoms. The summed E-state index contributed by atoms with van der Waals surface area (Å²) in [4.78, 5) is 15.3. The number of ether oxygens (including phenoxy) is 1. The SMILES string of the molecule is Cc1ccc(-c2cc3ccc(C(=O)Nc4ccc(CN(C)C5CCOCC5)cc4)cc3o2)cc1. The van der Waals surface area contributed by atoms with Crippen molar-refractivity contribution in [1.82, 2.24) is 4.90 Å². The number of amides is 1. The van der Waals surface area contributed by atoms with Crippen molar-refractivity contribution < 1.29 is 13.9 Å². The van der Waals surface area contributed by atoms with Crippen LogP contribution in [0.1, 0.15) is 34.3 Å². The molecule has 34 heavy (non-hydrogen) atoms. The Morgan fingerprint density at radius 2 is 1.71 bits per heavy atom. The third-order valence-corrected chi connectivity index (χ3v) is 6.58. The maximum Gasteiger partial charge on any atom is 0.255 e. The molecule has 1 aromatic heterocycles. The monoisotopic (exact) mass is 454 g/mol. The molecule has 0 atom stereocenters. The van der Waals surface area contributed by atoms with Gasteiger partial charge in [0, 0.05) is 48.0 Å². The van der Waals surface area contributed by atoms with E-state index in [4.69, 9.17) is 9.15 Å². The maximum absolute atomic E-state index is 12.9. The highest BCUT2D eigenvalue weighted by Gasteiger charge is 2.18. The number of hydrogen-bond acceptors (Lipinski definition) is 4. The number of fused-ring (bicyclic) bond motifs is 1. The van der Waals surface area contributed by atoms with Crippen LogP contribution in [0.25, 0.3) is 22.3 Å². The van der Waals surface area contributed by atoms with E-state index in [0.717, 1.165) is 55.0 Å². The standard InChI is InChI=1S/C29H30N2O3/c1-20-3-7-22(8-4-20)27-17-23-9-10-24(18-28(23)34-27)29(32)30-25-11-5-21(6-12-25)19-31(2)26-13-15-33-16-14-26/h3-12,17-18,26H,13-16,19H2,1-2H3,(H,30,32). The normalized spacial score (nSPS) is 14.6. The molecule has 1 aliphatic heterocycles. The first-order valence-electron chi connectivity index (χ1n) is 11.8. The number of furan rings is 1. The zero-order valence-corrected chi connectivity index (χ0v) is 19.7. The third-order valence-electron chi connectivity index (χ3n) is 6.58. The Balaban J connectivity index is 1.24. The molecule has 5 heteroatoms. The molecule has 1 aliphatic rings. The Morgan fingerprint density at radius 3 is 2.44 bits per heavy atom. The summed E-state index contributed by atoms with van der Waals surface area (Å²) in [6.07, 6.45) is 2.16. The van der Waals surface area contributed by atoms with Crippen LogP contribution in [0.2, 0.25) is 0 Å². The van der Waals surface area contributed by atoms with Crippen molar-refractivity contribution in [2.24, 2.45) is 0 Å². The van der Waals surface area contributed by atoms with Crippen LogP contribution in [0.15, 0.2) is 77.2 Å². The van der Waals surface area contributed by atoms with Gasteiger partial charge in [-0.1, -0.05) is 48.0 Å². The van der Waals surface area contributed by atoms with Gasteiger partial charge in [-0.15, -0.1) is 0 Å². The average molecular weight is 455 g/mol. The van der Waals surface area contributed by atoms with E-state index in [9.17, 15) is 4.79 Å². The number of carbonyl (C=O) groups is 1. The van der Waals surface area contributed by atoms with Crippen LogP contribution in [-0.4, -0.2) is 37.1 Å². The van der Waals surface area contributed by atoms with Crippen LogP contribution in [0.4, 0.5) is 5.69 Å². The predicted molar refractivity (Wildman–Crippen MR) is 136 cm³/mol. The van der Waals surface area contributed by atoms with Crippen molar-refractivity contribution in [3.63, 3.8) is 0 Å². The molecule has 0 unspecified atom stereocenters. The Kier molecular flexibility index (Phi) is 6.48. The molecule has 1 fully saturated rings. The fraction of sp³-hybridized carbons (Fsp3) is 0.276. The number of carbonyl (C=O) groups excluding carboxylic acids is 1. The third kappa shape index (κ3) is 5.06. The van der Waals surface area contributed by atoms with E-state index >= 15 is 0 Å². The van der Waals surface area contributed by atoms with Gasteiger partial charge >= 0.3 is 0 Å². The Bertz CT molecular complexity index is 1270. The number of hydrogen-bond donors (Lipinski definition) is 1. The second-order valence-electron chi connectivity index (χ2n) is 9.14. The Hall–Kier alpha value is -3.41. The van der Waals surface area contributed by atoms with Crippen LogP contribution in [0.5, 0.6) is 0 Å². The molecule has 0 aliphatic carbocycles. The van der Waals surface area contributed by atoms with E-state index in [-0.39, 0.29) is 5.91 Å². The van der Waals surface area contributed by atoms with E-state index < -0.39 is 0 Å². The number of anilines is 1. The maximum atomic E-state index is 12.9. The number of nitrogens with one attached hydrogen (secondary N) is 1. The van der Waals surface area contributed by atoms with Gasteiger partial charge in [-0.2, -0.15) is 0 Å². The second kappa shape index (κ2) is 9.84. The van der Waals surface area contributed by atoms with Gasteiger partial charge in [-0.25, -0.2) is 0 Å². The van der Waals surface area contributed by atoms with E-state index in [1.54, 1.807) is 6.07 Å². The minimum Gasteiger partial charge on any atom is -0.456 e. The predicted octanol–water partition coefficient (Wildman–Crippen LogP) is 6.27. The summed E-state index contributed by atoms with van der Waals surface area (Å²) in [6, 6.07) is 24.5.